The van der Waals surface area contributed by atoms with E-state index in [1.54, 1.807) is 20.8 Å². The average Bonchev–Trinajstić information content (AvgIpc) is 2.52. The molecule has 1 aromatic carbocycles. The molecule has 0 fully saturated rings. The predicted octanol–water partition coefficient (Wildman–Crippen LogP) is 1.61. The Bertz CT molecular complexity index is 636. The first-order valence-corrected chi connectivity index (χ1v) is 7.00. The van der Waals surface area contributed by atoms with Crippen LogP contribution >= 0.6 is 0 Å². The van der Waals surface area contributed by atoms with E-state index < -0.39 is 24.0 Å². The molecular formula is C16H20N2O5. The lowest BCUT2D eigenvalue weighted by molar-refractivity contribution is -0.125. The van der Waals surface area contributed by atoms with Crippen LogP contribution < -0.4 is 10.1 Å². The molecule has 0 aliphatic heterocycles. The monoisotopic (exact) mass is 320 g/mol. The molecule has 1 atom stereocenters. The quantitative estimate of drug-likeness (QED) is 0.771. The lowest BCUT2D eigenvalue weighted by Gasteiger charge is -2.27. The molecule has 0 aliphatic rings. The molecule has 7 nitrogen and oxygen atoms in total. The standard InChI is InChI=1S/C16H20N2O5/c1-10(2)16(3,9-17)18-14(20)8-23-15(21)12-6-5-11(22-4)7-13(12)19/h5-7,10,19H,8H2,1-4H3,(H,18,20)/t16-/m0/s1. The first-order chi connectivity index (χ1) is 10.7. The zero-order valence-corrected chi connectivity index (χ0v) is 13.5. The molecule has 0 heterocycles. The number of nitrogens with zero attached hydrogens (tertiary/aromatic N) is 1. The van der Waals surface area contributed by atoms with Crippen molar-refractivity contribution in [3.8, 4) is 17.6 Å². The number of ether oxygens (including phenoxy) is 2. The highest BCUT2D eigenvalue weighted by Crippen LogP contribution is 2.24. The van der Waals surface area contributed by atoms with Crippen molar-refractivity contribution in [2.75, 3.05) is 13.7 Å². The third-order valence-corrected chi connectivity index (χ3v) is 3.55. The van der Waals surface area contributed by atoms with E-state index in [0.717, 1.165) is 0 Å². The lowest BCUT2D eigenvalue weighted by atomic mass is 9.90. The second-order valence-electron chi connectivity index (χ2n) is 5.48. The van der Waals surface area contributed by atoms with Crippen molar-refractivity contribution in [3.63, 3.8) is 0 Å². The summed E-state index contributed by atoms with van der Waals surface area (Å²) in [5.41, 5.74) is -1.13. The van der Waals surface area contributed by atoms with Crippen LogP contribution in [-0.4, -0.2) is 36.2 Å². The molecule has 0 spiro atoms. The number of benzene rings is 1. The van der Waals surface area contributed by atoms with Crippen molar-refractivity contribution in [1.29, 1.82) is 5.26 Å². The van der Waals surface area contributed by atoms with E-state index in [1.807, 2.05) is 6.07 Å². The summed E-state index contributed by atoms with van der Waals surface area (Å²) in [5, 5.41) is 21.4. The molecule has 0 unspecified atom stereocenters. The maximum absolute atomic E-state index is 11.9. The van der Waals surface area contributed by atoms with Gasteiger partial charge in [-0.2, -0.15) is 5.26 Å². The third kappa shape index (κ3) is 4.61. The fourth-order valence-electron chi connectivity index (χ4n) is 1.65. The van der Waals surface area contributed by atoms with E-state index in [0.29, 0.717) is 5.75 Å². The summed E-state index contributed by atoms with van der Waals surface area (Å²) in [7, 11) is 1.43. The Balaban J connectivity index is 2.66. The van der Waals surface area contributed by atoms with Crippen LogP contribution in [0, 0.1) is 17.2 Å². The van der Waals surface area contributed by atoms with Crippen LogP contribution in [-0.2, 0) is 9.53 Å². The van der Waals surface area contributed by atoms with Crippen molar-refractivity contribution in [3.05, 3.63) is 23.8 Å². The van der Waals surface area contributed by atoms with Gasteiger partial charge in [-0.1, -0.05) is 13.8 Å². The average molecular weight is 320 g/mol. The number of hydrogen-bond acceptors (Lipinski definition) is 6. The number of nitrogens with one attached hydrogen (secondary N) is 1. The van der Waals surface area contributed by atoms with Crippen LogP contribution in [0.4, 0.5) is 0 Å². The number of amides is 1. The second kappa shape index (κ2) is 7.49. The zero-order valence-electron chi connectivity index (χ0n) is 13.5. The largest absolute Gasteiger partial charge is 0.507 e. The minimum Gasteiger partial charge on any atom is -0.507 e. The number of phenolic OH excluding ortho intramolecular Hbond substituents is 1. The molecule has 0 saturated heterocycles. The number of methoxy groups -OCH3 is 1. The van der Waals surface area contributed by atoms with Gasteiger partial charge in [0.1, 0.15) is 22.6 Å². The summed E-state index contributed by atoms with van der Waals surface area (Å²) in [6.45, 7) is 4.64. The van der Waals surface area contributed by atoms with Gasteiger partial charge in [-0.3, -0.25) is 4.79 Å². The Morgan fingerprint density at radius 1 is 1.43 bits per heavy atom. The summed E-state index contributed by atoms with van der Waals surface area (Å²) in [6.07, 6.45) is 0. The van der Waals surface area contributed by atoms with Crippen LogP contribution in [0.15, 0.2) is 18.2 Å². The molecule has 1 rings (SSSR count). The molecule has 0 radical (unpaired) electrons. The van der Waals surface area contributed by atoms with Gasteiger partial charge >= 0.3 is 5.97 Å². The van der Waals surface area contributed by atoms with Crippen molar-refractivity contribution >= 4 is 11.9 Å². The highest BCUT2D eigenvalue weighted by atomic mass is 16.5. The zero-order chi connectivity index (χ0) is 17.6. The molecule has 23 heavy (non-hydrogen) atoms. The Kier molecular flexibility index (Phi) is 5.96. The third-order valence-electron chi connectivity index (χ3n) is 3.55. The number of carbonyl (C=O) groups excluding carboxylic acids is 2. The Hall–Kier alpha value is -2.75. The van der Waals surface area contributed by atoms with Crippen LogP contribution in [0.5, 0.6) is 11.5 Å². The van der Waals surface area contributed by atoms with E-state index in [9.17, 15) is 14.7 Å². The van der Waals surface area contributed by atoms with Crippen LogP contribution in [0.3, 0.4) is 0 Å². The summed E-state index contributed by atoms with van der Waals surface area (Å²) in [5.74, 6) is -1.47. The number of phenols is 1. The maximum Gasteiger partial charge on any atom is 0.342 e. The van der Waals surface area contributed by atoms with Crippen LogP contribution in [0.1, 0.15) is 31.1 Å². The topological polar surface area (TPSA) is 109 Å². The minimum absolute atomic E-state index is 0.0782. The number of carbonyl (C=O) groups is 2. The van der Waals surface area contributed by atoms with Gasteiger partial charge < -0.3 is 19.9 Å². The highest BCUT2D eigenvalue weighted by molar-refractivity contribution is 5.94. The SMILES string of the molecule is COc1ccc(C(=O)OCC(=O)N[C@@](C)(C#N)C(C)C)c(O)c1. The fraction of sp³-hybridized carbons (Fsp3) is 0.438. The van der Waals surface area contributed by atoms with Gasteiger partial charge in [-0.05, 0) is 25.0 Å². The molecule has 124 valence electrons. The summed E-state index contributed by atoms with van der Waals surface area (Å²) in [4.78, 5) is 23.7. The number of rotatable bonds is 6. The molecular weight excluding hydrogens is 300 g/mol. The van der Waals surface area contributed by atoms with Crippen molar-refractivity contribution in [2.24, 2.45) is 5.92 Å². The van der Waals surface area contributed by atoms with Crippen molar-refractivity contribution in [2.45, 2.75) is 26.3 Å². The molecule has 2 N–H and O–H groups in total. The van der Waals surface area contributed by atoms with Gasteiger partial charge in [0, 0.05) is 6.07 Å². The number of nitriles is 1. The van der Waals surface area contributed by atoms with E-state index in [2.05, 4.69) is 5.32 Å². The van der Waals surface area contributed by atoms with E-state index in [-0.39, 0.29) is 17.2 Å². The lowest BCUT2D eigenvalue weighted by Crippen LogP contribution is -2.50. The minimum atomic E-state index is -1.05. The summed E-state index contributed by atoms with van der Waals surface area (Å²) in [6, 6.07) is 6.11. The van der Waals surface area contributed by atoms with Gasteiger partial charge in [0.15, 0.2) is 6.61 Å². The summed E-state index contributed by atoms with van der Waals surface area (Å²) < 4.78 is 9.76. The van der Waals surface area contributed by atoms with Gasteiger partial charge in [0.2, 0.25) is 0 Å². The number of esters is 1. The fourth-order valence-corrected chi connectivity index (χ4v) is 1.65. The number of hydrogen-bond donors (Lipinski definition) is 2. The molecule has 0 saturated carbocycles. The Labute approximate surface area is 134 Å². The van der Waals surface area contributed by atoms with Crippen LogP contribution in [0.25, 0.3) is 0 Å². The molecule has 7 heteroatoms. The normalized spacial score (nSPS) is 12.9. The molecule has 0 aliphatic carbocycles. The molecule has 1 aromatic rings. The number of aromatic hydroxyl groups is 1. The van der Waals surface area contributed by atoms with Crippen LogP contribution in [0.2, 0.25) is 0 Å². The predicted molar refractivity (Wildman–Crippen MR) is 81.9 cm³/mol. The van der Waals surface area contributed by atoms with E-state index in [4.69, 9.17) is 14.7 Å². The molecule has 0 aromatic heterocycles. The van der Waals surface area contributed by atoms with Crippen molar-refractivity contribution in [1.82, 2.24) is 5.32 Å². The summed E-state index contributed by atoms with van der Waals surface area (Å²) >= 11 is 0. The molecule has 0 bridgehead atoms. The van der Waals surface area contributed by atoms with Crippen molar-refractivity contribution < 1.29 is 24.2 Å². The molecule has 1 amide bonds. The smallest absolute Gasteiger partial charge is 0.342 e. The van der Waals surface area contributed by atoms with Gasteiger partial charge in [0.05, 0.1) is 13.2 Å². The Morgan fingerprint density at radius 2 is 2.09 bits per heavy atom. The first-order valence-electron chi connectivity index (χ1n) is 7.00. The van der Waals surface area contributed by atoms with Gasteiger partial charge in [-0.25, -0.2) is 4.79 Å². The maximum atomic E-state index is 11.9. The highest BCUT2D eigenvalue weighted by Gasteiger charge is 2.30. The Morgan fingerprint density at radius 3 is 2.57 bits per heavy atom. The van der Waals surface area contributed by atoms with E-state index >= 15 is 0 Å². The second-order valence-corrected chi connectivity index (χ2v) is 5.48. The van der Waals surface area contributed by atoms with E-state index in [1.165, 1.54) is 25.3 Å². The van der Waals surface area contributed by atoms with Gasteiger partial charge in [-0.15, -0.1) is 0 Å². The van der Waals surface area contributed by atoms with Gasteiger partial charge in [0.25, 0.3) is 5.91 Å². The first kappa shape index (κ1) is 18.3.